The molecule has 0 amide bonds. The maximum atomic E-state index is 12.8. The molecule has 0 aliphatic heterocycles. The Morgan fingerprint density at radius 2 is 1.65 bits per heavy atom. The van der Waals surface area contributed by atoms with Crippen LogP contribution in [0.2, 0.25) is 0 Å². The van der Waals surface area contributed by atoms with Gasteiger partial charge in [-0.15, -0.1) is 0 Å². The predicted octanol–water partition coefficient (Wildman–Crippen LogP) is 3.51. The van der Waals surface area contributed by atoms with Gasteiger partial charge in [0.1, 0.15) is 11.4 Å². The number of carboxylic acids is 1. The van der Waals surface area contributed by atoms with Gasteiger partial charge in [0.2, 0.25) is 0 Å². The lowest BCUT2D eigenvalue weighted by molar-refractivity contribution is -0.384. The summed E-state index contributed by atoms with van der Waals surface area (Å²) >= 11 is 0. The van der Waals surface area contributed by atoms with Crippen LogP contribution >= 0.6 is 0 Å². The fourth-order valence-corrected chi connectivity index (χ4v) is 4.31. The molecule has 37 heavy (non-hydrogen) atoms. The van der Waals surface area contributed by atoms with Gasteiger partial charge in [0, 0.05) is 31.8 Å². The Labute approximate surface area is 210 Å². The molecule has 0 fully saturated rings. The van der Waals surface area contributed by atoms with E-state index in [1.807, 2.05) is 0 Å². The van der Waals surface area contributed by atoms with Crippen LogP contribution in [0.25, 0.3) is 0 Å². The highest BCUT2D eigenvalue weighted by Gasteiger charge is 2.23. The molecule has 3 aromatic rings. The predicted molar refractivity (Wildman–Crippen MR) is 136 cm³/mol. The number of aromatic carboxylic acids is 1. The van der Waals surface area contributed by atoms with Gasteiger partial charge in [0.05, 0.1) is 32.2 Å². The molecule has 3 aromatic carbocycles. The second-order valence-corrected chi connectivity index (χ2v) is 9.34. The zero-order chi connectivity index (χ0) is 27.3. The van der Waals surface area contributed by atoms with Crippen molar-refractivity contribution in [3.8, 4) is 0 Å². The van der Waals surface area contributed by atoms with Gasteiger partial charge in [-0.3, -0.25) is 30.4 Å². The van der Waals surface area contributed by atoms with Gasteiger partial charge in [0.15, 0.2) is 0 Å². The Morgan fingerprint density at radius 3 is 2.27 bits per heavy atom. The molecule has 0 aliphatic carbocycles. The molecule has 0 saturated carbocycles. The molecule has 0 saturated heterocycles. The summed E-state index contributed by atoms with van der Waals surface area (Å²) in [5, 5.41) is 36.1. The normalized spacial score (nSPS) is 11.2. The van der Waals surface area contributed by atoms with Crippen molar-refractivity contribution < 1.29 is 28.2 Å². The van der Waals surface area contributed by atoms with E-state index in [2.05, 4.69) is 15.2 Å². The zero-order valence-electron chi connectivity index (χ0n) is 19.4. The quantitative estimate of drug-likeness (QED) is 0.199. The Morgan fingerprint density at radius 1 is 0.973 bits per heavy atom. The molecule has 3 N–H and O–H groups in total. The lowest BCUT2D eigenvalue weighted by Gasteiger charge is -2.12. The second kappa shape index (κ2) is 10.7. The SMILES string of the molecule is CN(C)c1ccc(/C=N/Nc2ccc(S(=O)(=O)Nc3ccccc3C(=O)O)cc2[N+](=O)[O-])cc1[N+](=O)[O-]. The molecule has 0 bridgehead atoms. The highest BCUT2D eigenvalue weighted by Crippen LogP contribution is 2.30. The maximum Gasteiger partial charge on any atom is 0.337 e. The van der Waals surface area contributed by atoms with Crippen LogP contribution < -0.4 is 15.0 Å². The summed E-state index contributed by atoms with van der Waals surface area (Å²) < 4.78 is 27.7. The number of benzene rings is 3. The van der Waals surface area contributed by atoms with E-state index in [1.165, 1.54) is 42.6 Å². The summed E-state index contributed by atoms with van der Waals surface area (Å²) in [7, 11) is -1.07. The van der Waals surface area contributed by atoms with Gasteiger partial charge in [-0.1, -0.05) is 18.2 Å². The molecule has 0 radical (unpaired) electrons. The maximum absolute atomic E-state index is 12.8. The summed E-state index contributed by atoms with van der Waals surface area (Å²) in [6.07, 6.45) is 1.21. The highest BCUT2D eigenvalue weighted by atomic mass is 32.2. The van der Waals surface area contributed by atoms with Crippen LogP contribution in [0.5, 0.6) is 0 Å². The minimum atomic E-state index is -4.38. The first-order chi connectivity index (χ1) is 17.4. The van der Waals surface area contributed by atoms with Crippen LogP contribution in [0.3, 0.4) is 0 Å². The van der Waals surface area contributed by atoms with E-state index >= 15 is 0 Å². The number of para-hydroxylation sites is 1. The Hall–Kier alpha value is -5.05. The molecule has 0 heterocycles. The third kappa shape index (κ3) is 6.15. The topological polar surface area (TPSA) is 197 Å². The van der Waals surface area contributed by atoms with Crippen molar-refractivity contribution in [2.24, 2.45) is 5.10 Å². The van der Waals surface area contributed by atoms with Crippen molar-refractivity contribution in [3.05, 3.63) is 92.0 Å². The number of sulfonamides is 1. The van der Waals surface area contributed by atoms with Crippen LogP contribution in [0.1, 0.15) is 15.9 Å². The van der Waals surface area contributed by atoms with E-state index in [0.717, 1.165) is 18.2 Å². The van der Waals surface area contributed by atoms with Gasteiger partial charge >= 0.3 is 5.97 Å². The number of hydrogen-bond acceptors (Lipinski definition) is 10. The van der Waals surface area contributed by atoms with Crippen molar-refractivity contribution in [2.45, 2.75) is 4.90 Å². The summed E-state index contributed by atoms with van der Waals surface area (Å²) in [6, 6.07) is 12.7. The van der Waals surface area contributed by atoms with E-state index < -0.39 is 36.4 Å². The Kier molecular flexibility index (Phi) is 7.67. The molecular weight excluding hydrogens is 508 g/mol. The number of anilines is 3. The monoisotopic (exact) mass is 528 g/mol. The third-order valence-corrected chi connectivity index (χ3v) is 6.32. The average Bonchev–Trinajstić information content (AvgIpc) is 2.83. The summed E-state index contributed by atoms with van der Waals surface area (Å²) in [6.45, 7) is 0. The van der Waals surface area contributed by atoms with Crippen molar-refractivity contribution >= 4 is 50.6 Å². The summed E-state index contributed by atoms with van der Waals surface area (Å²) in [4.78, 5) is 34.0. The Bertz CT molecular complexity index is 1520. The lowest BCUT2D eigenvalue weighted by atomic mass is 10.2. The van der Waals surface area contributed by atoms with Crippen LogP contribution in [0.15, 0.2) is 70.7 Å². The first kappa shape index (κ1) is 26.6. The van der Waals surface area contributed by atoms with E-state index in [0.29, 0.717) is 11.3 Å². The summed E-state index contributed by atoms with van der Waals surface area (Å²) in [5.41, 5.74) is 1.71. The standard InChI is InChI=1S/C22H20N6O8S/c1-26(2)19-10-7-14(11-21(19)28(33)34)13-23-24-18-9-8-15(12-20(18)27(31)32)37(35,36)25-17-6-4-3-5-16(17)22(29)30/h3-13,24-25H,1-2H3,(H,29,30)/b23-13+. The molecule has 0 spiro atoms. The van der Waals surface area contributed by atoms with Crippen molar-refractivity contribution in [3.63, 3.8) is 0 Å². The van der Waals surface area contributed by atoms with Crippen molar-refractivity contribution in [2.75, 3.05) is 29.1 Å². The molecule has 0 aliphatic rings. The number of rotatable bonds is 10. The first-order valence-electron chi connectivity index (χ1n) is 10.3. The highest BCUT2D eigenvalue weighted by molar-refractivity contribution is 7.92. The minimum absolute atomic E-state index is 0.148. The molecule has 14 nitrogen and oxygen atoms in total. The molecule has 0 unspecified atom stereocenters. The van der Waals surface area contributed by atoms with Crippen LogP contribution in [0.4, 0.5) is 28.4 Å². The van der Waals surface area contributed by atoms with E-state index in [9.17, 15) is 38.5 Å². The first-order valence-corrected chi connectivity index (χ1v) is 11.8. The molecule has 192 valence electrons. The fourth-order valence-electron chi connectivity index (χ4n) is 3.21. The van der Waals surface area contributed by atoms with Crippen molar-refractivity contribution in [1.82, 2.24) is 0 Å². The van der Waals surface area contributed by atoms with Crippen LogP contribution in [0, 0.1) is 20.2 Å². The molecule has 15 heteroatoms. The van der Waals surface area contributed by atoms with E-state index in [1.54, 1.807) is 25.1 Å². The van der Waals surface area contributed by atoms with E-state index in [-0.39, 0.29) is 22.6 Å². The third-order valence-electron chi connectivity index (χ3n) is 4.95. The number of carbonyl (C=O) groups is 1. The lowest BCUT2D eigenvalue weighted by Crippen LogP contribution is -2.16. The van der Waals surface area contributed by atoms with Gasteiger partial charge in [-0.05, 0) is 30.3 Å². The van der Waals surface area contributed by atoms with Gasteiger partial charge < -0.3 is 10.0 Å². The van der Waals surface area contributed by atoms with E-state index in [4.69, 9.17) is 0 Å². The van der Waals surface area contributed by atoms with Crippen LogP contribution in [-0.2, 0) is 10.0 Å². The van der Waals surface area contributed by atoms with Gasteiger partial charge in [-0.2, -0.15) is 5.10 Å². The number of hydrazone groups is 1. The molecule has 3 rings (SSSR count). The zero-order valence-corrected chi connectivity index (χ0v) is 20.2. The molecular formula is C22H20N6O8S. The largest absolute Gasteiger partial charge is 0.478 e. The minimum Gasteiger partial charge on any atom is -0.478 e. The number of hydrogen-bond donors (Lipinski definition) is 3. The molecule has 0 aromatic heterocycles. The summed E-state index contributed by atoms with van der Waals surface area (Å²) in [5.74, 6) is -1.36. The smallest absolute Gasteiger partial charge is 0.337 e. The van der Waals surface area contributed by atoms with Gasteiger partial charge in [0.25, 0.3) is 21.4 Å². The molecule has 0 atom stereocenters. The number of nitrogens with one attached hydrogen (secondary N) is 2. The van der Waals surface area contributed by atoms with Gasteiger partial charge in [-0.25, -0.2) is 13.2 Å². The number of nitro benzene ring substituents is 2. The number of nitro groups is 2. The average molecular weight is 529 g/mol. The fraction of sp³-hybridized carbons (Fsp3) is 0.0909. The van der Waals surface area contributed by atoms with Crippen LogP contribution in [-0.4, -0.2) is 49.7 Å². The van der Waals surface area contributed by atoms with Crippen molar-refractivity contribution in [1.29, 1.82) is 0 Å². The second-order valence-electron chi connectivity index (χ2n) is 7.66. The Balaban J connectivity index is 1.87. The number of carboxylic acid groups (broad SMARTS) is 1. The number of nitrogens with zero attached hydrogens (tertiary/aromatic N) is 4.